The van der Waals surface area contributed by atoms with Gasteiger partial charge in [0, 0.05) is 10.9 Å². The minimum Gasteiger partial charge on any atom is -0.206 e. The number of halogens is 4. The van der Waals surface area contributed by atoms with Gasteiger partial charge in [-0.25, -0.2) is 4.39 Å². The summed E-state index contributed by atoms with van der Waals surface area (Å²) in [4.78, 5) is 0. The molecule has 0 saturated heterocycles. The van der Waals surface area contributed by atoms with Gasteiger partial charge in [-0.05, 0) is 53.3 Å². The lowest BCUT2D eigenvalue weighted by molar-refractivity contribution is -0.137. The van der Waals surface area contributed by atoms with E-state index in [0.717, 1.165) is 35.8 Å². The van der Waals surface area contributed by atoms with Crippen LogP contribution in [0.1, 0.15) is 75.8 Å². The quantitative estimate of drug-likeness (QED) is 0.227. The van der Waals surface area contributed by atoms with E-state index in [1.54, 1.807) is 6.07 Å². The predicted octanol–water partition coefficient (Wildman–Crippen LogP) is 9.98. The Bertz CT molecular complexity index is 1070. The molecule has 0 N–H and O–H groups in total. The Hall–Kier alpha value is -2.36. The Morgan fingerprint density at radius 2 is 1.47 bits per heavy atom. The van der Waals surface area contributed by atoms with Gasteiger partial charge < -0.3 is 0 Å². The molecule has 0 nitrogen and oxygen atoms in total. The van der Waals surface area contributed by atoms with Crippen molar-refractivity contribution in [3.63, 3.8) is 0 Å². The van der Waals surface area contributed by atoms with Crippen LogP contribution >= 0.6 is 0 Å². The van der Waals surface area contributed by atoms with E-state index in [1.807, 2.05) is 18.2 Å². The van der Waals surface area contributed by atoms with Gasteiger partial charge in [-0.15, -0.1) is 0 Å². The first-order valence-electron chi connectivity index (χ1n) is 12.7. The summed E-state index contributed by atoms with van der Waals surface area (Å²) in [7, 11) is 0. The summed E-state index contributed by atoms with van der Waals surface area (Å²) in [5.74, 6) is 1.33. The lowest BCUT2D eigenvalue weighted by Crippen LogP contribution is -2.15. The van der Waals surface area contributed by atoms with Crippen LogP contribution in [0.4, 0.5) is 17.6 Å². The minimum absolute atomic E-state index is 0.324. The number of unbranched alkanes of at least 4 members (excludes halogenated alkanes) is 2. The second-order valence-corrected chi connectivity index (χ2v) is 9.98. The number of alkyl halides is 3. The summed E-state index contributed by atoms with van der Waals surface area (Å²) < 4.78 is 53.7. The van der Waals surface area contributed by atoms with Crippen LogP contribution in [-0.2, 0) is 12.6 Å². The molecular formula is C30H34F4. The molecule has 0 heterocycles. The molecular weight excluding hydrogens is 436 g/mol. The summed E-state index contributed by atoms with van der Waals surface area (Å²) in [6, 6.07) is 14.1. The van der Waals surface area contributed by atoms with Gasteiger partial charge in [-0.2, -0.15) is 13.2 Å². The molecule has 0 aliphatic heterocycles. The van der Waals surface area contributed by atoms with Gasteiger partial charge >= 0.3 is 6.18 Å². The topological polar surface area (TPSA) is 0 Å². The van der Waals surface area contributed by atoms with Gasteiger partial charge in [0.25, 0.3) is 0 Å². The van der Waals surface area contributed by atoms with Crippen LogP contribution in [-0.4, -0.2) is 0 Å². The summed E-state index contributed by atoms with van der Waals surface area (Å²) in [6.45, 7) is 2.26. The fourth-order valence-electron chi connectivity index (χ4n) is 5.42. The van der Waals surface area contributed by atoms with Gasteiger partial charge in [0.15, 0.2) is 0 Å². The van der Waals surface area contributed by atoms with Crippen molar-refractivity contribution in [2.75, 3.05) is 0 Å². The van der Waals surface area contributed by atoms with E-state index in [0.29, 0.717) is 16.5 Å². The second kappa shape index (κ2) is 10.9. The van der Waals surface area contributed by atoms with E-state index in [9.17, 15) is 13.2 Å². The Balaban J connectivity index is 1.38. The maximum atomic E-state index is 15.2. The number of fused-ring (bicyclic) bond motifs is 1. The van der Waals surface area contributed by atoms with Crippen LogP contribution in [0.5, 0.6) is 0 Å². The third kappa shape index (κ3) is 6.00. The van der Waals surface area contributed by atoms with Gasteiger partial charge in [-0.1, -0.05) is 101 Å². The van der Waals surface area contributed by atoms with Crippen LogP contribution in [0.2, 0.25) is 0 Å². The highest BCUT2D eigenvalue weighted by Gasteiger charge is 2.30. The molecule has 1 aliphatic rings. The zero-order valence-corrected chi connectivity index (χ0v) is 19.9. The molecule has 0 amide bonds. The molecule has 1 saturated carbocycles. The first-order valence-corrected chi connectivity index (χ1v) is 12.7. The lowest BCUT2D eigenvalue weighted by Gasteiger charge is -2.28. The van der Waals surface area contributed by atoms with Gasteiger partial charge in [0.1, 0.15) is 5.82 Å². The molecule has 4 rings (SSSR count). The summed E-state index contributed by atoms with van der Waals surface area (Å²) in [6.07, 6.45) is 8.59. The van der Waals surface area contributed by atoms with Gasteiger partial charge in [0.05, 0.1) is 5.56 Å². The standard InChI is InChI=1S/C30H34F4/c1-2-3-4-5-21-6-8-22(9-7-21)10-11-23-12-18-28-25(20-23)15-19-27(29(28)31)24-13-16-26(17-14-24)30(32,33)34/h12-22H,2-11H2,1H3. The maximum Gasteiger partial charge on any atom is 0.416 e. The van der Waals surface area contributed by atoms with Crippen LogP contribution in [0.15, 0.2) is 54.6 Å². The molecule has 0 spiro atoms. The van der Waals surface area contributed by atoms with Crippen molar-refractivity contribution in [3.05, 3.63) is 71.5 Å². The zero-order valence-electron chi connectivity index (χ0n) is 19.9. The fourth-order valence-corrected chi connectivity index (χ4v) is 5.42. The fraction of sp³-hybridized carbons (Fsp3) is 0.467. The van der Waals surface area contributed by atoms with Crippen LogP contribution < -0.4 is 0 Å². The normalized spacial score (nSPS) is 19.0. The second-order valence-electron chi connectivity index (χ2n) is 9.98. The highest BCUT2D eigenvalue weighted by atomic mass is 19.4. The molecule has 1 aliphatic carbocycles. The number of hydrogen-bond acceptors (Lipinski definition) is 0. The maximum absolute atomic E-state index is 15.2. The monoisotopic (exact) mass is 470 g/mol. The molecule has 0 atom stereocenters. The van der Waals surface area contributed by atoms with E-state index in [-0.39, 0.29) is 5.82 Å². The smallest absolute Gasteiger partial charge is 0.206 e. The van der Waals surface area contributed by atoms with Crippen molar-refractivity contribution < 1.29 is 17.6 Å². The molecule has 182 valence electrons. The molecule has 0 unspecified atom stereocenters. The van der Waals surface area contributed by atoms with Crippen LogP contribution in [0, 0.1) is 17.7 Å². The highest BCUT2D eigenvalue weighted by Crippen LogP contribution is 2.36. The average molecular weight is 471 g/mol. The SMILES string of the molecule is CCCCCC1CCC(CCc2ccc3c(F)c(-c4ccc(C(F)(F)F)cc4)ccc3c2)CC1. The highest BCUT2D eigenvalue weighted by molar-refractivity contribution is 5.88. The largest absolute Gasteiger partial charge is 0.416 e. The summed E-state index contributed by atoms with van der Waals surface area (Å²) >= 11 is 0. The van der Waals surface area contributed by atoms with E-state index < -0.39 is 11.7 Å². The van der Waals surface area contributed by atoms with Crippen molar-refractivity contribution >= 4 is 10.8 Å². The summed E-state index contributed by atoms with van der Waals surface area (Å²) in [5, 5.41) is 1.35. The number of benzene rings is 3. The third-order valence-electron chi connectivity index (χ3n) is 7.57. The molecule has 3 aromatic carbocycles. The van der Waals surface area contributed by atoms with Crippen LogP contribution in [0.25, 0.3) is 21.9 Å². The van der Waals surface area contributed by atoms with E-state index in [4.69, 9.17) is 0 Å². The Labute approximate surface area is 200 Å². The molecule has 1 fully saturated rings. The third-order valence-corrected chi connectivity index (χ3v) is 7.57. The van der Waals surface area contributed by atoms with Crippen molar-refractivity contribution in [3.8, 4) is 11.1 Å². The molecule has 0 bridgehead atoms. The van der Waals surface area contributed by atoms with Crippen molar-refractivity contribution in [1.82, 2.24) is 0 Å². The van der Waals surface area contributed by atoms with Crippen molar-refractivity contribution in [2.45, 2.75) is 77.3 Å². The molecule has 34 heavy (non-hydrogen) atoms. The molecule has 0 aromatic heterocycles. The van der Waals surface area contributed by atoms with Crippen molar-refractivity contribution in [2.24, 2.45) is 11.8 Å². The van der Waals surface area contributed by atoms with Gasteiger partial charge in [0.2, 0.25) is 0 Å². The lowest BCUT2D eigenvalue weighted by atomic mass is 9.77. The molecule has 3 aromatic rings. The number of rotatable bonds is 8. The average Bonchev–Trinajstić information content (AvgIpc) is 2.83. The Morgan fingerprint density at radius 1 is 0.794 bits per heavy atom. The Kier molecular flexibility index (Phi) is 7.95. The summed E-state index contributed by atoms with van der Waals surface area (Å²) in [5.41, 5.74) is 1.26. The van der Waals surface area contributed by atoms with Crippen molar-refractivity contribution in [1.29, 1.82) is 0 Å². The minimum atomic E-state index is -4.40. The molecule has 0 radical (unpaired) electrons. The zero-order chi connectivity index (χ0) is 24.1. The number of aryl methyl sites for hydroxylation is 1. The number of hydrogen-bond donors (Lipinski definition) is 0. The first-order chi connectivity index (χ1) is 16.3. The first kappa shape index (κ1) is 24.8. The predicted molar refractivity (Wildman–Crippen MR) is 132 cm³/mol. The van der Waals surface area contributed by atoms with Crippen LogP contribution in [0.3, 0.4) is 0 Å². The van der Waals surface area contributed by atoms with E-state index >= 15 is 4.39 Å². The van der Waals surface area contributed by atoms with E-state index in [1.165, 1.54) is 75.5 Å². The van der Waals surface area contributed by atoms with Gasteiger partial charge in [-0.3, -0.25) is 0 Å². The Morgan fingerprint density at radius 3 is 2.12 bits per heavy atom. The van der Waals surface area contributed by atoms with E-state index in [2.05, 4.69) is 13.0 Å². The molecule has 4 heteroatoms.